The lowest BCUT2D eigenvalue weighted by atomic mass is 9.95. The van der Waals surface area contributed by atoms with Crippen LogP contribution in [0.1, 0.15) is 28.8 Å². The summed E-state index contributed by atoms with van der Waals surface area (Å²) in [5, 5.41) is 15.0. The number of hydrazone groups is 1. The Kier molecular flexibility index (Phi) is 7.37. The van der Waals surface area contributed by atoms with Gasteiger partial charge in [-0.1, -0.05) is 6.07 Å². The number of benzene rings is 2. The van der Waals surface area contributed by atoms with Gasteiger partial charge in [-0.25, -0.2) is 5.43 Å². The molecular weight excluding hydrogens is 416 g/mol. The van der Waals surface area contributed by atoms with Gasteiger partial charge < -0.3 is 14.4 Å². The fraction of sp³-hybridized carbons (Fsp3) is 0.318. The predicted octanol–water partition coefficient (Wildman–Crippen LogP) is 2.61. The van der Waals surface area contributed by atoms with E-state index in [1.807, 2.05) is 0 Å². The molecule has 1 fully saturated rings. The summed E-state index contributed by atoms with van der Waals surface area (Å²) in [6.07, 6.45) is 2.38. The molecule has 10 heteroatoms. The van der Waals surface area contributed by atoms with Gasteiger partial charge in [0.2, 0.25) is 5.91 Å². The van der Waals surface area contributed by atoms with E-state index in [1.165, 1.54) is 25.5 Å². The van der Waals surface area contributed by atoms with Crippen molar-refractivity contribution >= 4 is 23.7 Å². The highest BCUT2D eigenvalue weighted by Gasteiger charge is 2.28. The van der Waals surface area contributed by atoms with E-state index in [-0.39, 0.29) is 29.2 Å². The van der Waals surface area contributed by atoms with Crippen LogP contribution in [0.25, 0.3) is 0 Å². The van der Waals surface area contributed by atoms with E-state index in [9.17, 15) is 19.7 Å². The lowest BCUT2D eigenvalue weighted by molar-refractivity contribution is -0.385. The molecule has 1 N–H and O–H groups in total. The van der Waals surface area contributed by atoms with Crippen LogP contribution in [0.15, 0.2) is 47.6 Å². The molecule has 0 bridgehead atoms. The van der Waals surface area contributed by atoms with Gasteiger partial charge in [0.05, 0.1) is 25.4 Å². The largest absolute Gasteiger partial charge is 0.497 e. The van der Waals surface area contributed by atoms with Gasteiger partial charge in [0.15, 0.2) is 5.75 Å². The maximum atomic E-state index is 12.7. The van der Waals surface area contributed by atoms with Gasteiger partial charge in [-0.05, 0) is 43.2 Å². The number of nitrogens with one attached hydrogen (secondary N) is 1. The molecule has 0 atom stereocenters. The Labute approximate surface area is 185 Å². The first-order valence-electron chi connectivity index (χ1n) is 10.0. The average molecular weight is 440 g/mol. The van der Waals surface area contributed by atoms with Crippen LogP contribution < -0.4 is 14.9 Å². The monoisotopic (exact) mass is 440 g/mol. The van der Waals surface area contributed by atoms with E-state index < -0.39 is 4.92 Å². The summed E-state index contributed by atoms with van der Waals surface area (Å²) < 4.78 is 10.1. The molecular formula is C22H24N4O6. The van der Waals surface area contributed by atoms with Crippen molar-refractivity contribution in [3.8, 4) is 11.5 Å². The minimum Gasteiger partial charge on any atom is -0.497 e. The Morgan fingerprint density at radius 1 is 1.16 bits per heavy atom. The molecule has 0 unspecified atom stereocenters. The summed E-state index contributed by atoms with van der Waals surface area (Å²) in [5.41, 5.74) is 3.30. The standard InChI is InChI=1S/C22H24N4O6/c1-31-18-5-3-4-17(13-18)22(28)25-10-8-16(9-11-25)21(27)24-23-14-15-6-7-20(32-2)19(12-15)26(29)30/h3-7,12-14,16H,8-11H2,1-2H3,(H,24,27)/b23-14-. The van der Waals surface area contributed by atoms with Gasteiger partial charge in [0.25, 0.3) is 5.91 Å². The molecule has 2 amide bonds. The molecule has 1 aliphatic heterocycles. The second-order valence-electron chi connectivity index (χ2n) is 7.22. The van der Waals surface area contributed by atoms with Crippen LogP contribution in [0.4, 0.5) is 5.69 Å². The van der Waals surface area contributed by atoms with Crippen LogP contribution in [0.3, 0.4) is 0 Å². The third-order valence-corrected chi connectivity index (χ3v) is 5.26. The Morgan fingerprint density at radius 3 is 2.56 bits per heavy atom. The van der Waals surface area contributed by atoms with Crippen molar-refractivity contribution in [1.82, 2.24) is 10.3 Å². The lowest BCUT2D eigenvalue weighted by Gasteiger charge is -2.31. The van der Waals surface area contributed by atoms with Gasteiger partial charge in [0.1, 0.15) is 5.75 Å². The van der Waals surface area contributed by atoms with Gasteiger partial charge in [0, 0.05) is 36.2 Å². The van der Waals surface area contributed by atoms with Crippen molar-refractivity contribution < 1.29 is 24.0 Å². The van der Waals surface area contributed by atoms with Crippen LogP contribution in [-0.2, 0) is 4.79 Å². The number of methoxy groups -OCH3 is 2. The maximum absolute atomic E-state index is 12.7. The molecule has 2 aromatic rings. The number of ether oxygens (including phenoxy) is 2. The molecule has 10 nitrogen and oxygen atoms in total. The Hall–Kier alpha value is -3.95. The quantitative estimate of drug-likeness (QED) is 0.401. The van der Waals surface area contributed by atoms with E-state index in [4.69, 9.17) is 9.47 Å². The number of likely N-dealkylation sites (tertiary alicyclic amines) is 1. The van der Waals surface area contributed by atoms with Crippen LogP contribution in [0.5, 0.6) is 11.5 Å². The first-order chi connectivity index (χ1) is 15.4. The highest BCUT2D eigenvalue weighted by molar-refractivity contribution is 5.95. The number of nitro benzene ring substituents is 1. The molecule has 0 radical (unpaired) electrons. The summed E-state index contributed by atoms with van der Waals surface area (Å²) in [6.45, 7) is 0.922. The smallest absolute Gasteiger partial charge is 0.311 e. The van der Waals surface area contributed by atoms with Gasteiger partial charge in [-0.3, -0.25) is 19.7 Å². The van der Waals surface area contributed by atoms with Crippen molar-refractivity contribution in [2.45, 2.75) is 12.8 Å². The average Bonchev–Trinajstić information content (AvgIpc) is 2.83. The number of hydrogen-bond donors (Lipinski definition) is 1. The normalized spacial score (nSPS) is 14.2. The molecule has 1 saturated heterocycles. The Balaban J connectivity index is 1.53. The van der Waals surface area contributed by atoms with Gasteiger partial charge >= 0.3 is 5.69 Å². The molecule has 0 aliphatic carbocycles. The molecule has 2 aromatic carbocycles. The molecule has 1 aliphatic rings. The lowest BCUT2D eigenvalue weighted by Crippen LogP contribution is -2.42. The zero-order chi connectivity index (χ0) is 23.1. The molecule has 3 rings (SSSR count). The zero-order valence-electron chi connectivity index (χ0n) is 17.8. The van der Waals surface area contributed by atoms with Crippen LogP contribution in [0.2, 0.25) is 0 Å². The summed E-state index contributed by atoms with van der Waals surface area (Å²) in [6, 6.07) is 11.4. The van der Waals surface area contributed by atoms with Crippen LogP contribution in [0, 0.1) is 16.0 Å². The summed E-state index contributed by atoms with van der Waals surface area (Å²) in [4.78, 5) is 37.4. The van der Waals surface area contributed by atoms with E-state index in [2.05, 4.69) is 10.5 Å². The Morgan fingerprint density at radius 2 is 1.91 bits per heavy atom. The highest BCUT2D eigenvalue weighted by atomic mass is 16.6. The number of nitro groups is 1. The third-order valence-electron chi connectivity index (χ3n) is 5.26. The summed E-state index contributed by atoms with van der Waals surface area (Å²) in [5.74, 6) is 0.142. The topological polar surface area (TPSA) is 123 Å². The second kappa shape index (κ2) is 10.4. The molecule has 0 spiro atoms. The van der Waals surface area contributed by atoms with E-state index in [0.717, 1.165) is 0 Å². The number of amides is 2. The minimum atomic E-state index is -0.546. The number of nitrogens with zero attached hydrogens (tertiary/aromatic N) is 3. The van der Waals surface area contributed by atoms with Crippen LogP contribution >= 0.6 is 0 Å². The van der Waals surface area contributed by atoms with E-state index >= 15 is 0 Å². The number of carbonyl (C=O) groups is 2. The van der Waals surface area contributed by atoms with Gasteiger partial charge in [-0.2, -0.15) is 5.10 Å². The van der Waals surface area contributed by atoms with Crippen molar-refractivity contribution in [1.29, 1.82) is 0 Å². The number of piperidine rings is 1. The third kappa shape index (κ3) is 5.39. The van der Waals surface area contributed by atoms with Crippen LogP contribution in [-0.4, -0.2) is 55.2 Å². The van der Waals surface area contributed by atoms with Crippen molar-refractivity contribution in [3.63, 3.8) is 0 Å². The molecule has 0 aromatic heterocycles. The number of rotatable bonds is 7. The highest BCUT2D eigenvalue weighted by Crippen LogP contribution is 2.27. The number of carbonyl (C=O) groups excluding carboxylic acids is 2. The van der Waals surface area contributed by atoms with Crippen molar-refractivity contribution in [2.75, 3.05) is 27.3 Å². The second-order valence-corrected chi connectivity index (χ2v) is 7.22. The molecule has 1 heterocycles. The first kappa shape index (κ1) is 22.7. The molecule has 32 heavy (non-hydrogen) atoms. The maximum Gasteiger partial charge on any atom is 0.311 e. The predicted molar refractivity (Wildman–Crippen MR) is 117 cm³/mol. The van der Waals surface area contributed by atoms with Gasteiger partial charge in [-0.15, -0.1) is 0 Å². The van der Waals surface area contributed by atoms with Crippen molar-refractivity contribution in [3.05, 3.63) is 63.7 Å². The molecule has 0 saturated carbocycles. The fourth-order valence-corrected chi connectivity index (χ4v) is 3.48. The summed E-state index contributed by atoms with van der Waals surface area (Å²) in [7, 11) is 2.90. The summed E-state index contributed by atoms with van der Waals surface area (Å²) >= 11 is 0. The van der Waals surface area contributed by atoms with Crippen molar-refractivity contribution in [2.24, 2.45) is 11.0 Å². The zero-order valence-corrected chi connectivity index (χ0v) is 17.8. The minimum absolute atomic E-state index is 0.0955. The SMILES string of the molecule is COc1cccc(C(=O)N2CCC(C(=O)N/N=C\c3ccc(OC)c([N+](=O)[O-])c3)CC2)c1. The van der Waals surface area contributed by atoms with E-state index in [0.29, 0.717) is 42.8 Å². The fourth-order valence-electron chi connectivity index (χ4n) is 3.48. The van der Waals surface area contributed by atoms with E-state index in [1.54, 1.807) is 42.3 Å². The Bertz CT molecular complexity index is 1030. The number of hydrogen-bond acceptors (Lipinski definition) is 7. The first-order valence-corrected chi connectivity index (χ1v) is 10.0. The molecule has 168 valence electrons.